The van der Waals surface area contributed by atoms with Crippen molar-refractivity contribution < 1.29 is 9.50 Å². The van der Waals surface area contributed by atoms with Crippen molar-refractivity contribution >= 4 is 0 Å². The average Bonchev–Trinajstić information content (AvgIpc) is 2.26. The lowest BCUT2D eigenvalue weighted by Crippen LogP contribution is -2.51. The van der Waals surface area contributed by atoms with Gasteiger partial charge in [-0.3, -0.25) is 0 Å². The maximum absolute atomic E-state index is 13.1. The van der Waals surface area contributed by atoms with E-state index in [4.69, 9.17) is 0 Å². The van der Waals surface area contributed by atoms with Gasteiger partial charge in [-0.15, -0.1) is 0 Å². The van der Waals surface area contributed by atoms with Crippen molar-refractivity contribution in [3.63, 3.8) is 0 Å². The van der Waals surface area contributed by atoms with E-state index in [9.17, 15) is 9.50 Å². The summed E-state index contributed by atoms with van der Waals surface area (Å²) >= 11 is 0. The monoisotopic (exact) mass is 237 g/mol. The van der Waals surface area contributed by atoms with Crippen LogP contribution in [0.2, 0.25) is 0 Å². The van der Waals surface area contributed by atoms with Crippen LogP contribution in [0.5, 0.6) is 0 Å². The molecule has 2 atom stereocenters. The van der Waals surface area contributed by atoms with Gasteiger partial charge < -0.3 is 10.4 Å². The Bertz CT molecular complexity index is 392. The lowest BCUT2D eigenvalue weighted by atomic mass is 9.85. The van der Waals surface area contributed by atoms with Crippen molar-refractivity contribution in [2.24, 2.45) is 0 Å². The van der Waals surface area contributed by atoms with Crippen molar-refractivity contribution in [2.45, 2.75) is 50.8 Å². The van der Waals surface area contributed by atoms with Crippen molar-refractivity contribution in [2.75, 3.05) is 0 Å². The van der Waals surface area contributed by atoms with Gasteiger partial charge in [0.1, 0.15) is 5.82 Å². The highest BCUT2D eigenvalue weighted by Crippen LogP contribution is 2.29. The van der Waals surface area contributed by atoms with Crippen molar-refractivity contribution in [3.8, 4) is 0 Å². The van der Waals surface area contributed by atoms with Gasteiger partial charge in [0.05, 0.1) is 6.10 Å². The Hall–Kier alpha value is -0.930. The van der Waals surface area contributed by atoms with E-state index in [1.807, 2.05) is 0 Å². The Morgan fingerprint density at radius 3 is 2.88 bits per heavy atom. The van der Waals surface area contributed by atoms with Crippen LogP contribution in [-0.2, 0) is 0 Å². The lowest BCUT2D eigenvalue weighted by Gasteiger charge is -2.39. The number of hydrogen-bond donors (Lipinski definition) is 2. The first-order chi connectivity index (χ1) is 7.98. The molecule has 94 valence electrons. The van der Waals surface area contributed by atoms with Crippen LogP contribution in [0, 0.1) is 5.82 Å². The summed E-state index contributed by atoms with van der Waals surface area (Å²) in [7, 11) is 0. The second-order valence-electron chi connectivity index (χ2n) is 5.53. The Balaban J connectivity index is 2.12. The van der Waals surface area contributed by atoms with E-state index < -0.39 is 6.10 Å². The zero-order valence-electron chi connectivity index (χ0n) is 10.4. The first-order valence-corrected chi connectivity index (χ1v) is 6.19. The largest absolute Gasteiger partial charge is 0.387 e. The van der Waals surface area contributed by atoms with Crippen molar-refractivity contribution in [1.82, 2.24) is 5.32 Å². The smallest absolute Gasteiger partial charge is 0.123 e. The van der Waals surface area contributed by atoms with E-state index >= 15 is 0 Å². The molecule has 0 bridgehead atoms. The van der Waals surface area contributed by atoms with E-state index in [-0.39, 0.29) is 17.4 Å². The van der Waals surface area contributed by atoms with Crippen LogP contribution in [0.4, 0.5) is 4.39 Å². The number of rotatable bonds is 2. The molecule has 0 spiro atoms. The van der Waals surface area contributed by atoms with Crippen LogP contribution in [0.3, 0.4) is 0 Å². The molecule has 0 radical (unpaired) electrons. The van der Waals surface area contributed by atoms with E-state index in [1.54, 1.807) is 12.1 Å². The molecule has 1 aromatic carbocycles. The quantitative estimate of drug-likeness (QED) is 0.829. The zero-order valence-corrected chi connectivity index (χ0v) is 10.4. The van der Waals surface area contributed by atoms with Gasteiger partial charge in [0.2, 0.25) is 0 Å². The van der Waals surface area contributed by atoms with Crippen LogP contribution in [0.25, 0.3) is 0 Å². The molecule has 0 unspecified atom stereocenters. The SMILES string of the molecule is CC1(C)CCC[C@@H]([C@H](O)c2cccc(F)c2)N1. The summed E-state index contributed by atoms with van der Waals surface area (Å²) in [4.78, 5) is 0. The van der Waals surface area contributed by atoms with Gasteiger partial charge in [-0.25, -0.2) is 4.39 Å². The van der Waals surface area contributed by atoms with Crippen LogP contribution in [0.1, 0.15) is 44.8 Å². The maximum Gasteiger partial charge on any atom is 0.123 e. The number of aliphatic hydroxyl groups excluding tert-OH is 1. The van der Waals surface area contributed by atoms with Crippen LogP contribution >= 0.6 is 0 Å². The molecule has 1 fully saturated rings. The van der Waals surface area contributed by atoms with E-state index in [1.165, 1.54) is 12.1 Å². The molecular weight excluding hydrogens is 217 g/mol. The fraction of sp³-hybridized carbons (Fsp3) is 0.571. The van der Waals surface area contributed by atoms with Crippen LogP contribution < -0.4 is 5.32 Å². The summed E-state index contributed by atoms with van der Waals surface area (Å²) in [5.41, 5.74) is 0.706. The molecular formula is C14H20FNO. The molecule has 1 aliphatic rings. The topological polar surface area (TPSA) is 32.3 Å². The van der Waals surface area contributed by atoms with Gasteiger partial charge in [-0.1, -0.05) is 12.1 Å². The number of benzene rings is 1. The van der Waals surface area contributed by atoms with E-state index in [0.29, 0.717) is 5.56 Å². The predicted molar refractivity (Wildman–Crippen MR) is 66.2 cm³/mol. The first-order valence-electron chi connectivity index (χ1n) is 6.19. The van der Waals surface area contributed by atoms with Gasteiger partial charge in [0, 0.05) is 11.6 Å². The van der Waals surface area contributed by atoms with Gasteiger partial charge in [-0.05, 0) is 50.8 Å². The first kappa shape index (κ1) is 12.5. The summed E-state index contributed by atoms with van der Waals surface area (Å²) in [6, 6.07) is 6.24. The number of nitrogens with one attached hydrogen (secondary N) is 1. The fourth-order valence-electron chi connectivity index (χ4n) is 2.57. The average molecular weight is 237 g/mol. The molecule has 2 N–H and O–H groups in total. The third kappa shape index (κ3) is 3.05. The number of aliphatic hydroxyl groups is 1. The molecule has 1 heterocycles. The van der Waals surface area contributed by atoms with Gasteiger partial charge >= 0.3 is 0 Å². The van der Waals surface area contributed by atoms with Crippen LogP contribution in [0.15, 0.2) is 24.3 Å². The number of halogens is 1. The minimum atomic E-state index is -0.634. The molecule has 0 saturated carbocycles. The summed E-state index contributed by atoms with van der Waals surface area (Å²) in [6.45, 7) is 4.27. The Morgan fingerprint density at radius 2 is 2.24 bits per heavy atom. The van der Waals surface area contributed by atoms with E-state index in [0.717, 1.165) is 19.3 Å². The van der Waals surface area contributed by atoms with Crippen molar-refractivity contribution in [1.29, 1.82) is 0 Å². The van der Waals surface area contributed by atoms with Crippen molar-refractivity contribution in [3.05, 3.63) is 35.6 Å². The molecule has 1 aromatic rings. The Labute approximate surface area is 102 Å². The molecule has 2 rings (SSSR count). The molecule has 17 heavy (non-hydrogen) atoms. The third-order valence-electron chi connectivity index (χ3n) is 3.46. The molecule has 3 heteroatoms. The molecule has 1 aliphatic heterocycles. The van der Waals surface area contributed by atoms with Gasteiger partial charge in [0.25, 0.3) is 0 Å². The Kier molecular flexibility index (Phi) is 3.50. The summed E-state index contributed by atoms with van der Waals surface area (Å²) < 4.78 is 13.1. The standard InChI is InChI=1S/C14H20FNO/c1-14(2)8-4-7-12(16-14)13(17)10-5-3-6-11(15)9-10/h3,5-6,9,12-13,16-17H,4,7-8H2,1-2H3/t12-,13+/m0/s1. The zero-order chi connectivity index (χ0) is 12.5. The highest BCUT2D eigenvalue weighted by molar-refractivity contribution is 5.20. The molecule has 0 aliphatic carbocycles. The molecule has 2 nitrogen and oxygen atoms in total. The second-order valence-corrected chi connectivity index (χ2v) is 5.53. The predicted octanol–water partition coefficient (Wildman–Crippen LogP) is 2.78. The maximum atomic E-state index is 13.1. The van der Waals surface area contributed by atoms with E-state index in [2.05, 4.69) is 19.2 Å². The third-order valence-corrected chi connectivity index (χ3v) is 3.46. The minimum absolute atomic E-state index is 0.0144. The normalized spacial score (nSPS) is 25.5. The summed E-state index contributed by atoms with van der Waals surface area (Å²) in [5, 5.41) is 13.7. The number of hydrogen-bond acceptors (Lipinski definition) is 2. The van der Waals surface area contributed by atoms with Gasteiger partial charge in [-0.2, -0.15) is 0 Å². The second kappa shape index (κ2) is 4.75. The van der Waals surface area contributed by atoms with Crippen LogP contribution in [-0.4, -0.2) is 16.7 Å². The minimum Gasteiger partial charge on any atom is -0.387 e. The molecule has 0 amide bonds. The number of piperidine rings is 1. The molecule has 0 aromatic heterocycles. The lowest BCUT2D eigenvalue weighted by molar-refractivity contribution is 0.0842. The Morgan fingerprint density at radius 1 is 1.47 bits per heavy atom. The molecule has 1 saturated heterocycles. The van der Waals surface area contributed by atoms with Gasteiger partial charge in [0.15, 0.2) is 0 Å². The summed E-state index contributed by atoms with van der Waals surface area (Å²) in [6.07, 6.45) is 2.50. The highest BCUT2D eigenvalue weighted by atomic mass is 19.1. The fourth-order valence-corrected chi connectivity index (χ4v) is 2.57. The summed E-state index contributed by atoms with van der Waals surface area (Å²) in [5.74, 6) is -0.295. The highest BCUT2D eigenvalue weighted by Gasteiger charge is 2.31.